The Morgan fingerprint density at radius 3 is 1.06 bits per heavy atom. The summed E-state index contributed by atoms with van der Waals surface area (Å²) in [5.41, 5.74) is 16.5. The molecule has 98 valence electrons. The summed E-state index contributed by atoms with van der Waals surface area (Å²) in [5.74, 6) is 0. The molecule has 16 heavy (non-hydrogen) atoms. The number of nitrogens with two attached hydrogens (primary N) is 3. The minimum absolute atomic E-state index is 0.805. The fraction of sp³-hybridized carbons (Fsp3) is 1.00. The van der Waals surface area contributed by atoms with Gasteiger partial charge in [-0.1, -0.05) is 0 Å². The highest BCUT2D eigenvalue weighted by Crippen LogP contribution is 2.01. The summed E-state index contributed by atoms with van der Waals surface area (Å²) in [4.78, 5) is 2.53. The topological polar surface area (TPSA) is 81.3 Å². The molecule has 0 aromatic rings. The number of unbranched alkanes of at least 4 members (excludes halogenated alkanes) is 3. The molecule has 0 fully saturated rings. The summed E-state index contributed by atoms with van der Waals surface area (Å²) in [6.07, 6.45) is 7.02. The van der Waals surface area contributed by atoms with E-state index in [9.17, 15) is 0 Å². The van der Waals surface area contributed by atoms with Crippen molar-refractivity contribution in [2.24, 2.45) is 17.2 Å². The molecule has 0 aromatic carbocycles. The number of rotatable bonds is 12. The highest BCUT2D eigenvalue weighted by Gasteiger charge is 2.03. The first-order valence-electron chi connectivity index (χ1n) is 6.67. The van der Waals surface area contributed by atoms with E-state index in [1.54, 1.807) is 0 Å². The van der Waals surface area contributed by atoms with Crippen molar-refractivity contribution in [3.8, 4) is 0 Å². The van der Waals surface area contributed by atoms with Crippen molar-refractivity contribution < 1.29 is 0 Å². The van der Waals surface area contributed by atoms with Gasteiger partial charge in [-0.05, 0) is 77.8 Å². The zero-order valence-electron chi connectivity index (χ0n) is 10.7. The van der Waals surface area contributed by atoms with E-state index in [1.807, 2.05) is 0 Å². The van der Waals surface area contributed by atoms with Crippen LogP contribution in [-0.2, 0) is 0 Å². The van der Waals surface area contributed by atoms with Crippen molar-refractivity contribution in [1.82, 2.24) is 4.90 Å². The molecule has 0 heterocycles. The van der Waals surface area contributed by atoms with Crippen molar-refractivity contribution in [2.45, 2.75) is 38.5 Å². The van der Waals surface area contributed by atoms with Crippen LogP contribution in [0.4, 0.5) is 0 Å². The predicted octanol–water partition coefficient (Wildman–Crippen LogP) is 0.505. The Bertz CT molecular complexity index is 106. The van der Waals surface area contributed by atoms with E-state index < -0.39 is 0 Å². The Labute approximate surface area is 101 Å². The Morgan fingerprint density at radius 2 is 0.812 bits per heavy atom. The summed E-state index contributed by atoms with van der Waals surface area (Å²) in [6, 6.07) is 0. The zero-order chi connectivity index (χ0) is 12.1. The van der Waals surface area contributed by atoms with E-state index in [4.69, 9.17) is 17.2 Å². The molecule has 0 aromatic heterocycles. The summed E-state index contributed by atoms with van der Waals surface area (Å²) >= 11 is 0. The molecule has 0 spiro atoms. The van der Waals surface area contributed by atoms with Crippen LogP contribution in [0.5, 0.6) is 0 Å². The highest BCUT2D eigenvalue weighted by molar-refractivity contribution is 4.59. The number of hydrogen-bond acceptors (Lipinski definition) is 4. The minimum Gasteiger partial charge on any atom is -0.330 e. The first-order valence-corrected chi connectivity index (χ1v) is 6.67. The molecule has 6 N–H and O–H groups in total. The maximum absolute atomic E-state index is 5.51. The molecule has 0 atom stereocenters. The highest BCUT2D eigenvalue weighted by atomic mass is 15.1. The first kappa shape index (κ1) is 15.8. The van der Waals surface area contributed by atoms with E-state index in [0.717, 1.165) is 38.9 Å². The fourth-order valence-corrected chi connectivity index (χ4v) is 1.77. The van der Waals surface area contributed by atoms with Crippen molar-refractivity contribution in [2.75, 3.05) is 39.3 Å². The van der Waals surface area contributed by atoms with E-state index >= 15 is 0 Å². The second kappa shape index (κ2) is 12.9. The van der Waals surface area contributed by atoms with Crippen LogP contribution in [-0.4, -0.2) is 44.2 Å². The quantitative estimate of drug-likeness (QED) is 0.427. The van der Waals surface area contributed by atoms with Gasteiger partial charge in [0.05, 0.1) is 0 Å². The summed E-state index contributed by atoms with van der Waals surface area (Å²) in [5, 5.41) is 0. The van der Waals surface area contributed by atoms with Crippen LogP contribution in [0.25, 0.3) is 0 Å². The van der Waals surface area contributed by atoms with Gasteiger partial charge in [0.2, 0.25) is 0 Å². The second-order valence-electron chi connectivity index (χ2n) is 4.33. The predicted molar refractivity (Wildman–Crippen MR) is 71.3 cm³/mol. The van der Waals surface area contributed by atoms with Gasteiger partial charge >= 0.3 is 0 Å². The zero-order valence-corrected chi connectivity index (χ0v) is 10.7. The average molecular weight is 230 g/mol. The smallest absolute Gasteiger partial charge is 0.00183 e. The molecule has 0 bridgehead atoms. The molecule has 0 saturated carbocycles. The molecule has 0 aliphatic carbocycles. The lowest BCUT2D eigenvalue weighted by Crippen LogP contribution is -2.28. The third-order valence-corrected chi connectivity index (χ3v) is 2.79. The largest absolute Gasteiger partial charge is 0.330 e. The molecule has 0 saturated heterocycles. The Hall–Kier alpha value is -0.160. The van der Waals surface area contributed by atoms with Gasteiger partial charge in [0.15, 0.2) is 0 Å². The summed E-state index contributed by atoms with van der Waals surface area (Å²) in [6.45, 7) is 5.93. The van der Waals surface area contributed by atoms with Gasteiger partial charge in [0, 0.05) is 0 Å². The molecule has 0 radical (unpaired) electrons. The lowest BCUT2D eigenvalue weighted by atomic mass is 10.2. The molecule has 0 rings (SSSR count). The Kier molecular flexibility index (Phi) is 12.8. The van der Waals surface area contributed by atoms with Crippen molar-refractivity contribution in [3.05, 3.63) is 0 Å². The molecule has 0 aliphatic heterocycles. The Balaban J connectivity index is 3.58. The van der Waals surface area contributed by atoms with E-state index in [-0.39, 0.29) is 0 Å². The summed E-state index contributed by atoms with van der Waals surface area (Å²) < 4.78 is 0. The third kappa shape index (κ3) is 10.4. The fourth-order valence-electron chi connectivity index (χ4n) is 1.77. The van der Waals surface area contributed by atoms with Crippen LogP contribution >= 0.6 is 0 Å². The minimum atomic E-state index is 0.805. The molecular formula is C12H30N4. The number of hydrogen-bond donors (Lipinski definition) is 3. The average Bonchev–Trinajstić information content (AvgIpc) is 2.29. The SMILES string of the molecule is NCCCCN(CCCCN)CCCCN. The van der Waals surface area contributed by atoms with Crippen LogP contribution in [0.1, 0.15) is 38.5 Å². The van der Waals surface area contributed by atoms with Gasteiger partial charge in [0.1, 0.15) is 0 Å². The van der Waals surface area contributed by atoms with E-state index in [2.05, 4.69) is 4.90 Å². The van der Waals surface area contributed by atoms with Crippen molar-refractivity contribution >= 4 is 0 Å². The monoisotopic (exact) mass is 230 g/mol. The molecule has 0 unspecified atom stereocenters. The van der Waals surface area contributed by atoms with Crippen LogP contribution in [0, 0.1) is 0 Å². The van der Waals surface area contributed by atoms with Gasteiger partial charge in [-0.15, -0.1) is 0 Å². The van der Waals surface area contributed by atoms with Crippen LogP contribution in [0.15, 0.2) is 0 Å². The van der Waals surface area contributed by atoms with Crippen LogP contribution < -0.4 is 17.2 Å². The lowest BCUT2D eigenvalue weighted by Gasteiger charge is -2.22. The number of nitrogens with zero attached hydrogens (tertiary/aromatic N) is 1. The molecule has 0 amide bonds. The first-order chi connectivity index (χ1) is 7.85. The van der Waals surface area contributed by atoms with Crippen LogP contribution in [0.3, 0.4) is 0 Å². The molecule has 0 aliphatic rings. The van der Waals surface area contributed by atoms with Gasteiger partial charge < -0.3 is 22.1 Å². The van der Waals surface area contributed by atoms with Crippen molar-refractivity contribution in [3.63, 3.8) is 0 Å². The maximum Gasteiger partial charge on any atom is -0.00183 e. The van der Waals surface area contributed by atoms with Gasteiger partial charge in [-0.2, -0.15) is 0 Å². The molecule has 4 heteroatoms. The van der Waals surface area contributed by atoms with Crippen molar-refractivity contribution in [1.29, 1.82) is 0 Å². The second-order valence-corrected chi connectivity index (χ2v) is 4.33. The van der Waals surface area contributed by atoms with Gasteiger partial charge in [-0.3, -0.25) is 0 Å². The third-order valence-electron chi connectivity index (χ3n) is 2.79. The van der Waals surface area contributed by atoms with Gasteiger partial charge in [-0.25, -0.2) is 0 Å². The van der Waals surface area contributed by atoms with Crippen LogP contribution in [0.2, 0.25) is 0 Å². The molecule has 4 nitrogen and oxygen atoms in total. The normalized spacial score (nSPS) is 11.2. The maximum atomic E-state index is 5.51. The summed E-state index contributed by atoms with van der Waals surface area (Å²) in [7, 11) is 0. The van der Waals surface area contributed by atoms with Gasteiger partial charge in [0.25, 0.3) is 0 Å². The van der Waals surface area contributed by atoms with E-state index in [1.165, 1.54) is 38.9 Å². The Morgan fingerprint density at radius 1 is 0.500 bits per heavy atom. The lowest BCUT2D eigenvalue weighted by molar-refractivity contribution is 0.259. The van der Waals surface area contributed by atoms with E-state index in [0.29, 0.717) is 0 Å². The molecular weight excluding hydrogens is 200 g/mol. The standard InChI is InChI=1S/C12H30N4/c13-7-1-4-10-16(11-5-2-8-14)12-6-3-9-15/h1-15H2.